The van der Waals surface area contributed by atoms with E-state index in [2.05, 4.69) is 43.1 Å². The molecule has 1 saturated carbocycles. The minimum atomic E-state index is 0.669. The van der Waals surface area contributed by atoms with Crippen molar-refractivity contribution < 1.29 is 0 Å². The van der Waals surface area contributed by atoms with Gasteiger partial charge in [0.15, 0.2) is 0 Å². The van der Waals surface area contributed by atoms with Crippen LogP contribution in [0.15, 0.2) is 12.1 Å². The topological polar surface area (TPSA) is 15.3 Å². The minimum absolute atomic E-state index is 0.669. The Morgan fingerprint density at radius 1 is 1.05 bits per heavy atom. The fourth-order valence-electron chi connectivity index (χ4n) is 3.75. The number of benzene rings is 1. The average Bonchev–Trinajstić information content (AvgIpc) is 3.18. The van der Waals surface area contributed by atoms with Crippen molar-refractivity contribution in [2.24, 2.45) is 5.92 Å². The molecule has 2 aliphatic rings. The Morgan fingerprint density at radius 2 is 1.63 bits per heavy atom. The van der Waals surface area contributed by atoms with Gasteiger partial charge in [-0.15, -0.1) is 0 Å². The van der Waals surface area contributed by atoms with E-state index in [4.69, 9.17) is 0 Å². The molecule has 1 aliphatic carbocycles. The number of piperazine rings is 1. The largest absolute Gasteiger partial charge is 0.314 e. The second kappa shape index (κ2) is 5.26. The predicted molar refractivity (Wildman–Crippen MR) is 80.6 cm³/mol. The quantitative estimate of drug-likeness (QED) is 0.896. The first kappa shape index (κ1) is 13.1. The molecule has 104 valence electrons. The average molecular weight is 258 g/mol. The lowest BCUT2D eigenvalue weighted by molar-refractivity contribution is 0.155. The lowest BCUT2D eigenvalue weighted by atomic mass is 9.90. The van der Waals surface area contributed by atoms with Gasteiger partial charge in [-0.3, -0.25) is 4.90 Å². The summed E-state index contributed by atoms with van der Waals surface area (Å²) in [7, 11) is 0. The van der Waals surface area contributed by atoms with Crippen molar-refractivity contribution in [1.82, 2.24) is 10.2 Å². The molecule has 0 spiro atoms. The number of aryl methyl sites for hydroxylation is 3. The van der Waals surface area contributed by atoms with E-state index < -0.39 is 0 Å². The molecule has 0 amide bonds. The van der Waals surface area contributed by atoms with Crippen LogP contribution < -0.4 is 5.32 Å². The zero-order chi connectivity index (χ0) is 13.4. The monoisotopic (exact) mass is 258 g/mol. The van der Waals surface area contributed by atoms with E-state index in [9.17, 15) is 0 Å². The van der Waals surface area contributed by atoms with E-state index in [1.54, 1.807) is 5.56 Å². The normalized spacial score (nSPS) is 22.5. The molecule has 1 aliphatic heterocycles. The Kier molecular flexibility index (Phi) is 3.64. The zero-order valence-corrected chi connectivity index (χ0v) is 12.5. The Labute approximate surface area is 117 Å². The summed E-state index contributed by atoms with van der Waals surface area (Å²) in [5.41, 5.74) is 6.00. The predicted octanol–water partition coefficient (Wildman–Crippen LogP) is 2.97. The molecule has 1 aromatic rings. The minimum Gasteiger partial charge on any atom is -0.314 e. The third kappa shape index (κ3) is 2.70. The number of nitrogens with one attached hydrogen (secondary N) is 1. The Bertz CT molecular complexity index is 433. The molecule has 0 bridgehead atoms. The Balaban J connectivity index is 1.95. The Morgan fingerprint density at radius 3 is 2.16 bits per heavy atom. The number of rotatable bonds is 3. The zero-order valence-electron chi connectivity index (χ0n) is 12.5. The highest BCUT2D eigenvalue weighted by atomic mass is 15.2. The molecule has 19 heavy (non-hydrogen) atoms. The van der Waals surface area contributed by atoms with E-state index in [1.165, 1.54) is 42.6 Å². The standard InChI is InChI=1S/C17H26N2/c1-12-10-13(2)16(14(3)11-12)17(15-4-5-15)19-8-6-18-7-9-19/h10-11,15,17-18H,4-9H2,1-3H3/t17-/m0/s1. The van der Waals surface area contributed by atoms with Crippen LogP contribution in [0.2, 0.25) is 0 Å². The molecule has 2 heteroatoms. The highest BCUT2D eigenvalue weighted by Crippen LogP contribution is 2.46. The highest BCUT2D eigenvalue weighted by molar-refractivity contribution is 5.40. The summed E-state index contributed by atoms with van der Waals surface area (Å²) in [6.07, 6.45) is 2.84. The van der Waals surface area contributed by atoms with Gasteiger partial charge >= 0.3 is 0 Å². The highest BCUT2D eigenvalue weighted by Gasteiger charge is 2.38. The molecule has 1 atom stereocenters. The van der Waals surface area contributed by atoms with Crippen LogP contribution in [0.4, 0.5) is 0 Å². The molecular formula is C17H26N2. The molecular weight excluding hydrogens is 232 g/mol. The Hall–Kier alpha value is -0.860. The number of hydrogen-bond donors (Lipinski definition) is 1. The molecule has 1 aromatic carbocycles. The summed E-state index contributed by atoms with van der Waals surface area (Å²) in [6.45, 7) is 11.5. The maximum Gasteiger partial charge on any atom is 0.0382 e. The van der Waals surface area contributed by atoms with Gasteiger partial charge in [-0.25, -0.2) is 0 Å². The molecule has 0 aromatic heterocycles. The van der Waals surface area contributed by atoms with Crippen molar-refractivity contribution in [3.05, 3.63) is 34.4 Å². The van der Waals surface area contributed by atoms with Crippen LogP contribution >= 0.6 is 0 Å². The first-order valence-electron chi connectivity index (χ1n) is 7.69. The van der Waals surface area contributed by atoms with Crippen LogP contribution in [-0.2, 0) is 0 Å². The summed E-state index contributed by atoms with van der Waals surface area (Å²) in [4.78, 5) is 2.72. The third-order valence-electron chi connectivity index (χ3n) is 4.65. The van der Waals surface area contributed by atoms with Crippen molar-refractivity contribution in [1.29, 1.82) is 0 Å². The van der Waals surface area contributed by atoms with E-state index in [0.29, 0.717) is 6.04 Å². The van der Waals surface area contributed by atoms with Gasteiger partial charge < -0.3 is 5.32 Å². The maximum absolute atomic E-state index is 3.48. The lowest BCUT2D eigenvalue weighted by Gasteiger charge is -2.37. The van der Waals surface area contributed by atoms with Crippen LogP contribution in [0, 0.1) is 26.7 Å². The van der Waals surface area contributed by atoms with Crippen molar-refractivity contribution >= 4 is 0 Å². The molecule has 3 rings (SSSR count). The molecule has 0 radical (unpaired) electrons. The van der Waals surface area contributed by atoms with Gasteiger partial charge in [0.05, 0.1) is 0 Å². The van der Waals surface area contributed by atoms with Crippen LogP contribution in [-0.4, -0.2) is 31.1 Å². The van der Waals surface area contributed by atoms with Gasteiger partial charge in [-0.2, -0.15) is 0 Å². The fourth-order valence-corrected chi connectivity index (χ4v) is 3.75. The van der Waals surface area contributed by atoms with E-state index >= 15 is 0 Å². The third-order valence-corrected chi connectivity index (χ3v) is 4.65. The molecule has 1 N–H and O–H groups in total. The van der Waals surface area contributed by atoms with Gasteiger partial charge in [0.25, 0.3) is 0 Å². The summed E-state index contributed by atoms with van der Waals surface area (Å²) in [5, 5.41) is 3.48. The van der Waals surface area contributed by atoms with Crippen molar-refractivity contribution in [3.63, 3.8) is 0 Å². The van der Waals surface area contributed by atoms with E-state index in [1.807, 2.05) is 0 Å². The molecule has 0 unspecified atom stereocenters. The second-order valence-electron chi connectivity index (χ2n) is 6.38. The summed E-state index contributed by atoms with van der Waals surface area (Å²) >= 11 is 0. The van der Waals surface area contributed by atoms with Gasteiger partial charge in [0, 0.05) is 32.2 Å². The first-order valence-corrected chi connectivity index (χ1v) is 7.69. The van der Waals surface area contributed by atoms with Gasteiger partial charge in [-0.1, -0.05) is 17.7 Å². The number of nitrogens with zero attached hydrogens (tertiary/aromatic N) is 1. The summed E-state index contributed by atoms with van der Waals surface area (Å²) in [5.74, 6) is 0.901. The lowest BCUT2D eigenvalue weighted by Crippen LogP contribution is -2.46. The van der Waals surface area contributed by atoms with Gasteiger partial charge in [0.1, 0.15) is 0 Å². The van der Waals surface area contributed by atoms with E-state index in [0.717, 1.165) is 19.0 Å². The van der Waals surface area contributed by atoms with Crippen molar-refractivity contribution in [3.8, 4) is 0 Å². The molecule has 2 fully saturated rings. The van der Waals surface area contributed by atoms with Gasteiger partial charge in [-0.05, 0) is 56.2 Å². The van der Waals surface area contributed by atoms with Crippen LogP contribution in [0.1, 0.15) is 41.1 Å². The van der Waals surface area contributed by atoms with Crippen molar-refractivity contribution in [2.75, 3.05) is 26.2 Å². The second-order valence-corrected chi connectivity index (χ2v) is 6.38. The maximum atomic E-state index is 3.48. The van der Waals surface area contributed by atoms with Crippen LogP contribution in [0.25, 0.3) is 0 Å². The molecule has 2 nitrogen and oxygen atoms in total. The van der Waals surface area contributed by atoms with Gasteiger partial charge in [0.2, 0.25) is 0 Å². The SMILES string of the molecule is Cc1cc(C)c([C@H](C2CC2)N2CCNCC2)c(C)c1. The summed E-state index contributed by atoms with van der Waals surface area (Å²) < 4.78 is 0. The summed E-state index contributed by atoms with van der Waals surface area (Å²) in [6, 6.07) is 5.39. The smallest absolute Gasteiger partial charge is 0.0382 e. The van der Waals surface area contributed by atoms with Crippen molar-refractivity contribution in [2.45, 2.75) is 39.7 Å². The molecule has 1 saturated heterocycles. The van der Waals surface area contributed by atoms with E-state index in [-0.39, 0.29) is 0 Å². The van der Waals surface area contributed by atoms with Crippen LogP contribution in [0.3, 0.4) is 0 Å². The van der Waals surface area contributed by atoms with Crippen LogP contribution in [0.5, 0.6) is 0 Å². The fraction of sp³-hybridized carbons (Fsp3) is 0.647. The first-order chi connectivity index (χ1) is 9.16. The number of hydrogen-bond acceptors (Lipinski definition) is 2. The molecule has 1 heterocycles.